The van der Waals surface area contributed by atoms with E-state index < -0.39 is 0 Å². The van der Waals surface area contributed by atoms with Gasteiger partial charge >= 0.3 is 0 Å². The van der Waals surface area contributed by atoms with Crippen molar-refractivity contribution in [1.82, 2.24) is 21.2 Å². The summed E-state index contributed by atoms with van der Waals surface area (Å²) in [6.45, 7) is 0. The van der Waals surface area contributed by atoms with Crippen molar-refractivity contribution < 1.29 is 4.79 Å². The van der Waals surface area contributed by atoms with Crippen molar-refractivity contribution in [3.63, 3.8) is 0 Å². The number of nitrogens with one attached hydrogen (secondary N) is 3. The highest BCUT2D eigenvalue weighted by Gasteiger charge is 2.51. The lowest BCUT2D eigenvalue weighted by Crippen LogP contribution is -2.62. The Bertz CT molecular complexity index is 1120. The molecule has 1 heterocycles. The quantitative estimate of drug-likeness (QED) is 0.376. The molecule has 4 aliphatic rings. The molecular weight excluding hydrogens is 436 g/mol. The zero-order chi connectivity index (χ0) is 21.7. The molecule has 4 fully saturated rings. The number of fused-ring (bicyclic) bond motifs is 1. The highest BCUT2D eigenvalue weighted by atomic mass is 32.1. The molecule has 4 aliphatic carbocycles. The van der Waals surface area contributed by atoms with Gasteiger partial charge in [0.25, 0.3) is 5.91 Å². The summed E-state index contributed by atoms with van der Waals surface area (Å²) in [5.74, 6) is 2.34. The second kappa shape index (κ2) is 7.81. The maximum absolute atomic E-state index is 12.6. The minimum Gasteiger partial charge on any atom is -0.356 e. The third-order valence-electron chi connectivity index (χ3n) is 7.39. The first kappa shape index (κ1) is 20.1. The molecular formula is C25H26N4OS2. The van der Waals surface area contributed by atoms with Gasteiger partial charge in [0.1, 0.15) is 5.01 Å². The number of amides is 1. The number of rotatable bonds is 3. The maximum Gasteiger partial charge on any atom is 0.269 e. The number of thiazole rings is 1. The molecule has 7 rings (SSSR count). The van der Waals surface area contributed by atoms with Crippen LogP contribution >= 0.6 is 23.6 Å². The Balaban J connectivity index is 1.07. The first-order valence-corrected chi connectivity index (χ1v) is 12.6. The van der Waals surface area contributed by atoms with Crippen LogP contribution in [0.2, 0.25) is 0 Å². The van der Waals surface area contributed by atoms with Gasteiger partial charge in [0, 0.05) is 16.7 Å². The lowest BCUT2D eigenvalue weighted by Gasteiger charge is -2.57. The smallest absolute Gasteiger partial charge is 0.269 e. The van der Waals surface area contributed by atoms with Crippen molar-refractivity contribution in [2.75, 3.05) is 0 Å². The fourth-order valence-electron chi connectivity index (χ4n) is 6.48. The standard InChI is InChI=1S/C25H26N4OS2/c30-22(18-5-7-19(8-6-18)23-26-20-3-1-2-4-21(20)32-23)28-29-24(31)27-25-12-15-9-16(13-25)11-17(10-15)14-25/h1-8,15-17H,9-14H2,(H,28,30)(H2,27,29,31). The van der Waals surface area contributed by atoms with Crippen LogP contribution in [0.15, 0.2) is 48.5 Å². The summed E-state index contributed by atoms with van der Waals surface area (Å²) in [6, 6.07) is 15.6. The van der Waals surface area contributed by atoms with E-state index >= 15 is 0 Å². The molecule has 7 heteroatoms. The number of hydrogen-bond donors (Lipinski definition) is 3. The summed E-state index contributed by atoms with van der Waals surface area (Å²) in [7, 11) is 0. The Morgan fingerprint density at radius 1 is 0.938 bits per heavy atom. The monoisotopic (exact) mass is 462 g/mol. The molecule has 4 saturated carbocycles. The average molecular weight is 463 g/mol. The van der Waals surface area contributed by atoms with Gasteiger partial charge in [0.05, 0.1) is 10.2 Å². The van der Waals surface area contributed by atoms with Crippen LogP contribution in [0, 0.1) is 17.8 Å². The minimum absolute atomic E-state index is 0.127. The van der Waals surface area contributed by atoms with Crippen LogP contribution in [-0.2, 0) is 0 Å². The Hall–Kier alpha value is -2.51. The number of aromatic nitrogens is 1. The number of hydrogen-bond acceptors (Lipinski definition) is 4. The molecule has 3 aromatic rings. The molecule has 0 saturated heterocycles. The SMILES string of the molecule is O=C(NNC(=S)NC12CC3CC(CC(C3)C1)C2)c1ccc(-c2nc3ccccc3s2)cc1. The maximum atomic E-state index is 12.6. The fraction of sp³-hybridized carbons (Fsp3) is 0.400. The Morgan fingerprint density at radius 3 is 2.25 bits per heavy atom. The van der Waals surface area contributed by atoms with E-state index in [0.717, 1.165) is 38.5 Å². The molecule has 0 aliphatic heterocycles. The van der Waals surface area contributed by atoms with Crippen LogP contribution < -0.4 is 16.2 Å². The van der Waals surface area contributed by atoms with E-state index in [4.69, 9.17) is 12.2 Å². The lowest BCUT2D eigenvalue weighted by atomic mass is 9.53. The van der Waals surface area contributed by atoms with Crippen molar-refractivity contribution in [3.8, 4) is 10.6 Å². The Morgan fingerprint density at radius 2 is 1.59 bits per heavy atom. The number of benzene rings is 2. The summed E-state index contributed by atoms with van der Waals surface area (Å²) >= 11 is 7.19. The average Bonchev–Trinajstić information content (AvgIpc) is 3.21. The van der Waals surface area contributed by atoms with Gasteiger partial charge in [-0.3, -0.25) is 15.6 Å². The van der Waals surface area contributed by atoms with E-state index in [-0.39, 0.29) is 11.4 Å². The first-order valence-electron chi connectivity index (χ1n) is 11.4. The van der Waals surface area contributed by atoms with E-state index in [1.165, 1.54) is 38.5 Å². The van der Waals surface area contributed by atoms with Crippen LogP contribution in [0.5, 0.6) is 0 Å². The number of nitrogens with zero attached hydrogens (tertiary/aromatic N) is 1. The van der Waals surface area contributed by atoms with Gasteiger partial charge in [-0.2, -0.15) is 0 Å². The van der Waals surface area contributed by atoms with E-state index in [1.54, 1.807) is 11.3 Å². The largest absolute Gasteiger partial charge is 0.356 e. The topological polar surface area (TPSA) is 66.1 Å². The molecule has 0 unspecified atom stereocenters. The zero-order valence-electron chi connectivity index (χ0n) is 17.8. The van der Waals surface area contributed by atoms with Gasteiger partial charge in [-0.15, -0.1) is 11.3 Å². The van der Waals surface area contributed by atoms with Gasteiger partial charge in [-0.05, 0) is 92.8 Å². The molecule has 4 bridgehead atoms. The van der Waals surface area contributed by atoms with Gasteiger partial charge in [0.15, 0.2) is 5.11 Å². The molecule has 32 heavy (non-hydrogen) atoms. The molecule has 2 aromatic carbocycles. The summed E-state index contributed by atoms with van der Waals surface area (Å²) in [5, 5.41) is 5.05. The summed E-state index contributed by atoms with van der Waals surface area (Å²) in [6.07, 6.45) is 7.81. The van der Waals surface area contributed by atoms with E-state index in [1.807, 2.05) is 42.5 Å². The van der Waals surface area contributed by atoms with Gasteiger partial charge in [-0.25, -0.2) is 4.98 Å². The molecule has 0 radical (unpaired) electrons. The number of para-hydroxylation sites is 1. The molecule has 3 N–H and O–H groups in total. The summed E-state index contributed by atoms with van der Waals surface area (Å²) < 4.78 is 1.16. The van der Waals surface area contributed by atoms with Crippen molar-refractivity contribution >= 4 is 44.8 Å². The highest BCUT2D eigenvalue weighted by Crippen LogP contribution is 2.55. The predicted molar refractivity (Wildman–Crippen MR) is 132 cm³/mol. The van der Waals surface area contributed by atoms with Crippen LogP contribution in [0.4, 0.5) is 0 Å². The van der Waals surface area contributed by atoms with Crippen molar-refractivity contribution in [2.45, 2.75) is 44.1 Å². The minimum atomic E-state index is -0.199. The Labute approximate surface area is 197 Å². The van der Waals surface area contributed by atoms with E-state index in [2.05, 4.69) is 27.2 Å². The third-order valence-corrected chi connectivity index (χ3v) is 8.68. The molecule has 1 amide bonds. The summed E-state index contributed by atoms with van der Waals surface area (Å²) in [4.78, 5) is 17.3. The van der Waals surface area contributed by atoms with Crippen LogP contribution in [0.25, 0.3) is 20.8 Å². The van der Waals surface area contributed by atoms with E-state index in [0.29, 0.717) is 10.7 Å². The predicted octanol–water partition coefficient (Wildman–Crippen LogP) is 5.04. The normalized spacial score (nSPS) is 27.9. The van der Waals surface area contributed by atoms with Gasteiger partial charge in [-0.1, -0.05) is 24.3 Å². The van der Waals surface area contributed by atoms with Crippen molar-refractivity contribution in [1.29, 1.82) is 0 Å². The van der Waals surface area contributed by atoms with Gasteiger partial charge in [0.2, 0.25) is 0 Å². The van der Waals surface area contributed by atoms with Crippen LogP contribution in [0.3, 0.4) is 0 Å². The first-order chi connectivity index (χ1) is 15.6. The van der Waals surface area contributed by atoms with Crippen LogP contribution in [-0.4, -0.2) is 21.5 Å². The van der Waals surface area contributed by atoms with Crippen LogP contribution in [0.1, 0.15) is 48.9 Å². The fourth-order valence-corrected chi connectivity index (χ4v) is 7.72. The molecule has 0 spiro atoms. The molecule has 1 aromatic heterocycles. The van der Waals surface area contributed by atoms with Gasteiger partial charge < -0.3 is 5.32 Å². The molecule has 0 atom stereocenters. The zero-order valence-corrected chi connectivity index (χ0v) is 19.4. The van der Waals surface area contributed by atoms with Crippen molar-refractivity contribution in [2.24, 2.45) is 17.8 Å². The molecule has 5 nitrogen and oxygen atoms in total. The number of thiocarbonyl (C=S) groups is 1. The summed E-state index contributed by atoms with van der Waals surface area (Å²) in [5.41, 5.74) is 8.41. The van der Waals surface area contributed by atoms with E-state index in [9.17, 15) is 4.79 Å². The second-order valence-electron chi connectivity index (χ2n) is 9.80. The second-order valence-corrected chi connectivity index (χ2v) is 11.2. The molecule has 164 valence electrons. The van der Waals surface area contributed by atoms with Crippen molar-refractivity contribution in [3.05, 3.63) is 54.1 Å². The Kier molecular flexibility index (Phi) is 4.91. The number of carbonyl (C=O) groups is 1. The third kappa shape index (κ3) is 3.77. The number of carbonyl (C=O) groups excluding carboxylic acids is 1. The number of hydrazine groups is 1. The highest BCUT2D eigenvalue weighted by molar-refractivity contribution is 7.80. The lowest BCUT2D eigenvalue weighted by molar-refractivity contribution is -0.0102.